The summed E-state index contributed by atoms with van der Waals surface area (Å²) in [6.45, 7) is 2.02. The normalized spacial score (nSPS) is 17.6. The van der Waals surface area contributed by atoms with Crippen molar-refractivity contribution in [3.63, 3.8) is 0 Å². The van der Waals surface area contributed by atoms with Gasteiger partial charge in [0.1, 0.15) is 6.07 Å². The Balaban J connectivity index is 2.76. The molecule has 0 bridgehead atoms. The maximum atomic E-state index is 11.7. The predicted molar refractivity (Wildman–Crippen MR) is 72.8 cm³/mol. The Hall–Kier alpha value is -1.15. The smallest absolute Gasteiger partial charge is 0.351 e. The van der Waals surface area contributed by atoms with Crippen LogP contribution in [0.3, 0.4) is 0 Å². The summed E-state index contributed by atoms with van der Waals surface area (Å²) in [4.78, 5) is 11.7. The quantitative estimate of drug-likeness (QED) is 0.472. The Morgan fingerprint density at radius 2 is 2.11 bits per heavy atom. The molecule has 0 heterocycles. The maximum Gasteiger partial charge on any atom is 0.351 e. The van der Waals surface area contributed by atoms with Crippen molar-refractivity contribution in [1.82, 2.24) is 5.32 Å². The average Bonchev–Trinajstić information content (AvgIpc) is 2.40. The number of hydrogen-bond donors (Lipinski definition) is 1. The molecule has 1 rings (SSSR count). The van der Waals surface area contributed by atoms with Crippen molar-refractivity contribution in [3.8, 4) is 6.07 Å². The van der Waals surface area contributed by atoms with Gasteiger partial charge < -0.3 is 10.1 Å². The molecule has 0 aromatic heterocycles. The van der Waals surface area contributed by atoms with E-state index in [1.165, 1.54) is 31.0 Å². The number of hydrogen-bond acceptors (Lipinski definition) is 5. The van der Waals surface area contributed by atoms with Crippen molar-refractivity contribution in [1.29, 1.82) is 5.26 Å². The number of nitrogens with one attached hydrogen (secondary N) is 1. The lowest BCUT2D eigenvalue weighted by atomic mass is 9.96. The first kappa shape index (κ1) is 14.9. The molecule has 4 nitrogen and oxygen atoms in total. The molecule has 18 heavy (non-hydrogen) atoms. The fourth-order valence-electron chi connectivity index (χ4n) is 2.06. The summed E-state index contributed by atoms with van der Waals surface area (Å²) in [6, 6.07) is 2.32. The first-order valence-electron chi connectivity index (χ1n) is 6.35. The SMILES string of the molecule is CCOC(=O)/C(C#N)=C(/NC1CCCCC1)SC. The lowest BCUT2D eigenvalue weighted by Gasteiger charge is -2.25. The molecule has 0 amide bonds. The zero-order valence-corrected chi connectivity index (χ0v) is 11.8. The van der Waals surface area contributed by atoms with Crippen LogP contribution in [0.25, 0.3) is 0 Å². The molecular formula is C13H20N2O2S. The van der Waals surface area contributed by atoms with Crippen molar-refractivity contribution >= 4 is 17.7 Å². The number of carbonyl (C=O) groups excluding carboxylic acids is 1. The molecule has 0 unspecified atom stereocenters. The van der Waals surface area contributed by atoms with Crippen LogP contribution in [0, 0.1) is 11.3 Å². The molecule has 0 spiro atoms. The van der Waals surface area contributed by atoms with Gasteiger partial charge in [-0.15, -0.1) is 11.8 Å². The van der Waals surface area contributed by atoms with Gasteiger partial charge in [-0.2, -0.15) is 5.26 Å². The average molecular weight is 268 g/mol. The molecule has 0 aliphatic heterocycles. The van der Waals surface area contributed by atoms with E-state index in [0.29, 0.717) is 11.1 Å². The Morgan fingerprint density at radius 1 is 1.44 bits per heavy atom. The van der Waals surface area contributed by atoms with Crippen LogP contribution in [0.2, 0.25) is 0 Å². The van der Waals surface area contributed by atoms with Gasteiger partial charge in [-0.3, -0.25) is 0 Å². The van der Waals surface area contributed by atoms with Crippen molar-refractivity contribution < 1.29 is 9.53 Å². The minimum Gasteiger partial charge on any atom is -0.462 e. The maximum absolute atomic E-state index is 11.7. The summed E-state index contributed by atoms with van der Waals surface area (Å²) in [5.74, 6) is -0.535. The molecule has 1 N–H and O–H groups in total. The number of nitrogens with zero attached hydrogens (tertiary/aromatic N) is 1. The van der Waals surface area contributed by atoms with Gasteiger partial charge in [-0.25, -0.2) is 4.79 Å². The summed E-state index contributed by atoms with van der Waals surface area (Å²) < 4.78 is 4.89. The Morgan fingerprint density at radius 3 is 2.61 bits per heavy atom. The van der Waals surface area contributed by atoms with E-state index >= 15 is 0 Å². The standard InChI is InChI=1S/C13H20N2O2S/c1-3-17-13(16)11(9-14)12(18-2)15-10-7-5-4-6-8-10/h10,15H,3-8H2,1-2H3/b12-11-. The van der Waals surface area contributed by atoms with Crippen molar-refractivity contribution in [3.05, 3.63) is 10.6 Å². The van der Waals surface area contributed by atoms with Crippen molar-refractivity contribution in [2.45, 2.75) is 45.1 Å². The molecule has 0 saturated heterocycles. The number of esters is 1. The van der Waals surface area contributed by atoms with Gasteiger partial charge in [0.2, 0.25) is 0 Å². The predicted octanol–water partition coefficient (Wildman–Crippen LogP) is 2.57. The highest BCUT2D eigenvalue weighted by Gasteiger charge is 2.20. The zero-order chi connectivity index (χ0) is 13.4. The molecule has 100 valence electrons. The van der Waals surface area contributed by atoms with E-state index in [1.807, 2.05) is 12.3 Å². The lowest BCUT2D eigenvalue weighted by Crippen LogP contribution is -2.31. The van der Waals surface area contributed by atoms with Gasteiger partial charge in [0.15, 0.2) is 5.57 Å². The molecule has 5 heteroatoms. The number of carbonyl (C=O) groups is 1. The Kier molecular flexibility index (Phi) is 6.66. The molecule has 1 fully saturated rings. The number of rotatable bonds is 5. The first-order valence-corrected chi connectivity index (χ1v) is 7.57. The van der Waals surface area contributed by atoms with Gasteiger partial charge in [0.25, 0.3) is 0 Å². The van der Waals surface area contributed by atoms with Gasteiger partial charge in [-0.1, -0.05) is 19.3 Å². The van der Waals surface area contributed by atoms with Gasteiger partial charge >= 0.3 is 5.97 Å². The fourth-order valence-corrected chi connectivity index (χ4v) is 2.68. The summed E-state index contributed by atoms with van der Waals surface area (Å²) in [6.07, 6.45) is 7.76. The molecule has 0 atom stereocenters. The van der Waals surface area contributed by atoms with Crippen molar-refractivity contribution in [2.75, 3.05) is 12.9 Å². The highest BCUT2D eigenvalue weighted by atomic mass is 32.2. The van der Waals surface area contributed by atoms with Crippen molar-refractivity contribution in [2.24, 2.45) is 0 Å². The zero-order valence-electron chi connectivity index (χ0n) is 11.0. The minimum absolute atomic E-state index is 0.0925. The van der Waals surface area contributed by atoms with E-state index in [2.05, 4.69) is 5.32 Å². The third-order valence-corrected chi connectivity index (χ3v) is 3.69. The Labute approximate surface area is 113 Å². The number of ether oxygens (including phenoxy) is 1. The molecule has 1 aliphatic rings. The second-order valence-corrected chi connectivity index (χ2v) is 5.04. The second kappa shape index (κ2) is 8.04. The van der Waals surface area contributed by atoms with Crippen LogP contribution in [0.5, 0.6) is 0 Å². The lowest BCUT2D eigenvalue weighted by molar-refractivity contribution is -0.138. The topological polar surface area (TPSA) is 62.1 Å². The van der Waals surface area contributed by atoms with E-state index in [4.69, 9.17) is 10.00 Å². The highest BCUT2D eigenvalue weighted by molar-refractivity contribution is 8.02. The summed E-state index contributed by atoms with van der Waals surface area (Å²) >= 11 is 1.40. The number of nitriles is 1. The fraction of sp³-hybridized carbons (Fsp3) is 0.692. The minimum atomic E-state index is -0.535. The van der Waals surface area contributed by atoms with E-state index in [0.717, 1.165) is 12.8 Å². The second-order valence-electron chi connectivity index (χ2n) is 4.22. The molecule has 1 aliphatic carbocycles. The van der Waals surface area contributed by atoms with Gasteiger partial charge in [0, 0.05) is 6.04 Å². The van der Waals surface area contributed by atoms with Gasteiger partial charge in [0.05, 0.1) is 11.6 Å². The van der Waals surface area contributed by atoms with Crippen LogP contribution in [-0.2, 0) is 9.53 Å². The van der Waals surface area contributed by atoms with Crippen LogP contribution in [0.1, 0.15) is 39.0 Å². The molecule has 0 radical (unpaired) electrons. The van der Waals surface area contributed by atoms with Crippen LogP contribution >= 0.6 is 11.8 Å². The van der Waals surface area contributed by atoms with E-state index < -0.39 is 5.97 Å². The molecule has 0 aromatic carbocycles. The van der Waals surface area contributed by atoms with Crippen LogP contribution < -0.4 is 5.32 Å². The largest absolute Gasteiger partial charge is 0.462 e. The molecular weight excluding hydrogens is 248 g/mol. The number of thioether (sulfide) groups is 1. The molecule has 1 saturated carbocycles. The summed E-state index contributed by atoms with van der Waals surface area (Å²) in [7, 11) is 0. The monoisotopic (exact) mass is 268 g/mol. The van der Waals surface area contributed by atoms with E-state index in [9.17, 15) is 4.79 Å². The third-order valence-electron chi connectivity index (χ3n) is 2.96. The van der Waals surface area contributed by atoms with Crippen LogP contribution in [-0.4, -0.2) is 24.9 Å². The summed E-state index contributed by atoms with van der Waals surface area (Å²) in [5, 5.41) is 13.0. The molecule has 0 aromatic rings. The van der Waals surface area contributed by atoms with E-state index in [1.54, 1.807) is 6.92 Å². The van der Waals surface area contributed by atoms with Crippen LogP contribution in [0.15, 0.2) is 10.6 Å². The third kappa shape index (κ3) is 4.26. The Bertz CT molecular complexity index is 354. The summed E-state index contributed by atoms with van der Waals surface area (Å²) in [5.41, 5.74) is 0.0925. The van der Waals surface area contributed by atoms with Crippen LogP contribution in [0.4, 0.5) is 0 Å². The van der Waals surface area contributed by atoms with Gasteiger partial charge in [-0.05, 0) is 26.0 Å². The van der Waals surface area contributed by atoms with E-state index in [-0.39, 0.29) is 12.2 Å². The first-order chi connectivity index (χ1) is 8.72. The highest BCUT2D eigenvalue weighted by Crippen LogP contribution is 2.22.